The lowest BCUT2D eigenvalue weighted by Gasteiger charge is -2.31. The molecule has 140 valence electrons. The number of nitrogens with zero attached hydrogens (tertiary/aromatic N) is 4. The smallest absolute Gasteiger partial charge is 0.232 e. The molecule has 1 amide bonds. The molecule has 1 aliphatic heterocycles. The summed E-state index contributed by atoms with van der Waals surface area (Å²) in [7, 11) is 0. The minimum absolute atomic E-state index is 0.221. The van der Waals surface area contributed by atoms with Crippen LogP contribution in [0.2, 0.25) is 5.02 Å². The van der Waals surface area contributed by atoms with Crippen LogP contribution >= 0.6 is 23.4 Å². The number of piperidine rings is 1. The van der Waals surface area contributed by atoms with Gasteiger partial charge in [0.2, 0.25) is 5.91 Å². The lowest BCUT2D eigenvalue weighted by Crippen LogP contribution is -2.39. The number of pyridine rings is 1. The van der Waals surface area contributed by atoms with E-state index in [1.165, 1.54) is 5.56 Å². The SMILES string of the molecule is O=C(CSCc1ccc(Cl)cc1)N1CCC(c2nnc3ccccn23)CC1. The molecule has 1 aliphatic rings. The Morgan fingerprint density at radius 3 is 2.67 bits per heavy atom. The van der Waals surface area contributed by atoms with Crippen LogP contribution in [0.25, 0.3) is 5.65 Å². The number of amides is 1. The largest absolute Gasteiger partial charge is 0.342 e. The van der Waals surface area contributed by atoms with Crippen LogP contribution in [0.1, 0.15) is 30.1 Å². The van der Waals surface area contributed by atoms with Crippen LogP contribution in [0, 0.1) is 0 Å². The van der Waals surface area contributed by atoms with Crippen molar-refractivity contribution in [2.75, 3.05) is 18.8 Å². The van der Waals surface area contributed by atoms with Crippen LogP contribution in [0.5, 0.6) is 0 Å². The Morgan fingerprint density at radius 1 is 1.11 bits per heavy atom. The molecule has 0 atom stereocenters. The highest BCUT2D eigenvalue weighted by atomic mass is 35.5. The highest BCUT2D eigenvalue weighted by molar-refractivity contribution is 7.99. The molecule has 27 heavy (non-hydrogen) atoms. The zero-order valence-electron chi connectivity index (χ0n) is 14.9. The van der Waals surface area contributed by atoms with Gasteiger partial charge in [-0.2, -0.15) is 0 Å². The fraction of sp³-hybridized carbons (Fsp3) is 0.350. The van der Waals surface area contributed by atoms with Crippen molar-refractivity contribution in [1.29, 1.82) is 0 Å². The van der Waals surface area contributed by atoms with E-state index in [-0.39, 0.29) is 5.91 Å². The average molecular weight is 401 g/mol. The summed E-state index contributed by atoms with van der Waals surface area (Å²) in [5.74, 6) is 2.92. The third-order valence-corrected chi connectivity index (χ3v) is 6.20. The molecular weight excluding hydrogens is 380 g/mol. The Labute approximate surface area is 167 Å². The quantitative estimate of drug-likeness (QED) is 0.649. The first-order valence-electron chi connectivity index (χ1n) is 9.10. The molecule has 3 aromatic rings. The first-order chi connectivity index (χ1) is 13.2. The van der Waals surface area contributed by atoms with E-state index < -0.39 is 0 Å². The summed E-state index contributed by atoms with van der Waals surface area (Å²) in [6.07, 6.45) is 3.88. The molecule has 0 aliphatic carbocycles. The maximum Gasteiger partial charge on any atom is 0.232 e. The van der Waals surface area contributed by atoms with E-state index in [0.717, 1.165) is 48.2 Å². The second-order valence-corrected chi connectivity index (χ2v) is 8.18. The number of likely N-dealkylation sites (tertiary alicyclic amines) is 1. The van der Waals surface area contributed by atoms with E-state index in [4.69, 9.17) is 11.6 Å². The molecule has 0 saturated carbocycles. The Bertz CT molecular complexity index is 919. The van der Waals surface area contributed by atoms with Crippen molar-refractivity contribution in [3.63, 3.8) is 0 Å². The molecule has 1 aromatic carbocycles. The highest BCUT2D eigenvalue weighted by Crippen LogP contribution is 2.27. The molecule has 3 heterocycles. The predicted octanol–water partition coefficient (Wildman–Crippen LogP) is 4.02. The van der Waals surface area contributed by atoms with Crippen LogP contribution in [-0.4, -0.2) is 44.2 Å². The summed E-state index contributed by atoms with van der Waals surface area (Å²) in [5.41, 5.74) is 2.07. The fourth-order valence-electron chi connectivity index (χ4n) is 3.45. The zero-order valence-corrected chi connectivity index (χ0v) is 16.5. The number of aromatic nitrogens is 3. The molecular formula is C20H21ClN4OS. The van der Waals surface area contributed by atoms with Crippen LogP contribution in [0.4, 0.5) is 0 Å². The number of benzene rings is 1. The molecule has 7 heteroatoms. The van der Waals surface area contributed by atoms with E-state index in [1.54, 1.807) is 11.8 Å². The lowest BCUT2D eigenvalue weighted by molar-refractivity contribution is -0.129. The minimum atomic E-state index is 0.221. The van der Waals surface area contributed by atoms with Crippen molar-refractivity contribution in [3.05, 3.63) is 65.1 Å². The highest BCUT2D eigenvalue weighted by Gasteiger charge is 2.26. The first-order valence-corrected chi connectivity index (χ1v) is 10.6. The molecule has 4 rings (SSSR count). The lowest BCUT2D eigenvalue weighted by atomic mass is 9.96. The van der Waals surface area contributed by atoms with Gasteiger partial charge >= 0.3 is 0 Å². The van der Waals surface area contributed by atoms with Gasteiger partial charge in [0.15, 0.2) is 5.65 Å². The van der Waals surface area contributed by atoms with Gasteiger partial charge in [-0.15, -0.1) is 22.0 Å². The average Bonchev–Trinajstić information content (AvgIpc) is 3.14. The maximum absolute atomic E-state index is 12.5. The minimum Gasteiger partial charge on any atom is -0.342 e. The molecule has 2 aromatic heterocycles. The molecule has 0 unspecified atom stereocenters. The van der Waals surface area contributed by atoms with Crippen molar-refractivity contribution >= 4 is 34.9 Å². The van der Waals surface area contributed by atoms with Gasteiger partial charge in [-0.05, 0) is 42.7 Å². The van der Waals surface area contributed by atoms with Gasteiger partial charge in [-0.1, -0.05) is 29.8 Å². The number of halogens is 1. The third-order valence-electron chi connectivity index (χ3n) is 4.96. The van der Waals surface area contributed by atoms with Crippen molar-refractivity contribution in [2.45, 2.75) is 24.5 Å². The molecule has 5 nitrogen and oxygen atoms in total. The summed E-state index contributed by atoms with van der Waals surface area (Å²) < 4.78 is 2.06. The van der Waals surface area contributed by atoms with E-state index in [9.17, 15) is 4.79 Å². The first kappa shape index (κ1) is 18.3. The molecule has 0 radical (unpaired) electrons. The van der Waals surface area contributed by atoms with Gasteiger partial charge in [0.05, 0.1) is 5.75 Å². The Morgan fingerprint density at radius 2 is 1.89 bits per heavy atom. The maximum atomic E-state index is 12.5. The second kappa shape index (κ2) is 8.31. The molecule has 0 bridgehead atoms. The van der Waals surface area contributed by atoms with Gasteiger partial charge in [0.1, 0.15) is 5.82 Å². The Kier molecular flexibility index (Phi) is 5.64. The van der Waals surface area contributed by atoms with Gasteiger partial charge in [-0.3, -0.25) is 9.20 Å². The van der Waals surface area contributed by atoms with Crippen molar-refractivity contribution in [3.8, 4) is 0 Å². The monoisotopic (exact) mass is 400 g/mol. The van der Waals surface area contributed by atoms with Crippen LogP contribution in [0.3, 0.4) is 0 Å². The third kappa shape index (κ3) is 4.28. The summed E-state index contributed by atoms with van der Waals surface area (Å²) in [6, 6.07) is 13.7. The number of thioether (sulfide) groups is 1. The normalized spacial score (nSPS) is 15.4. The van der Waals surface area contributed by atoms with Gasteiger partial charge in [-0.25, -0.2) is 0 Å². The molecule has 0 spiro atoms. The summed E-state index contributed by atoms with van der Waals surface area (Å²) >= 11 is 7.55. The van der Waals surface area contributed by atoms with Gasteiger partial charge < -0.3 is 4.90 Å². The molecule has 1 saturated heterocycles. The summed E-state index contributed by atoms with van der Waals surface area (Å²) in [4.78, 5) is 14.5. The topological polar surface area (TPSA) is 50.5 Å². The van der Waals surface area contributed by atoms with E-state index in [0.29, 0.717) is 11.7 Å². The van der Waals surface area contributed by atoms with Crippen LogP contribution in [-0.2, 0) is 10.5 Å². The number of hydrogen-bond acceptors (Lipinski definition) is 4. The number of hydrogen-bond donors (Lipinski definition) is 0. The van der Waals surface area contributed by atoms with E-state index in [1.807, 2.05) is 53.6 Å². The standard InChI is InChI=1S/C20H21ClN4OS/c21-17-6-4-15(5-7-17)13-27-14-19(26)24-11-8-16(9-12-24)20-23-22-18-3-1-2-10-25(18)20/h1-7,10,16H,8-9,11-14H2. The van der Waals surface area contributed by atoms with Crippen LogP contribution < -0.4 is 0 Å². The predicted molar refractivity (Wildman–Crippen MR) is 109 cm³/mol. The Hall–Kier alpha value is -2.05. The number of rotatable bonds is 5. The van der Waals surface area contributed by atoms with Crippen molar-refractivity contribution in [1.82, 2.24) is 19.5 Å². The number of carbonyl (C=O) groups is 1. The summed E-state index contributed by atoms with van der Waals surface area (Å²) in [5, 5.41) is 9.36. The van der Waals surface area contributed by atoms with Gasteiger partial charge in [0.25, 0.3) is 0 Å². The number of fused-ring (bicyclic) bond motifs is 1. The van der Waals surface area contributed by atoms with E-state index in [2.05, 4.69) is 14.6 Å². The fourth-order valence-corrected chi connectivity index (χ4v) is 4.47. The van der Waals surface area contributed by atoms with E-state index >= 15 is 0 Å². The van der Waals surface area contributed by atoms with Crippen LogP contribution in [0.15, 0.2) is 48.7 Å². The van der Waals surface area contributed by atoms with Gasteiger partial charge in [0, 0.05) is 36.0 Å². The number of carbonyl (C=O) groups excluding carboxylic acids is 1. The van der Waals surface area contributed by atoms with Crippen molar-refractivity contribution < 1.29 is 4.79 Å². The molecule has 1 fully saturated rings. The Balaban J connectivity index is 1.27. The summed E-state index contributed by atoms with van der Waals surface area (Å²) in [6.45, 7) is 1.57. The van der Waals surface area contributed by atoms with Crippen molar-refractivity contribution in [2.24, 2.45) is 0 Å². The molecule has 0 N–H and O–H groups in total. The second-order valence-electron chi connectivity index (χ2n) is 6.76. The zero-order chi connectivity index (χ0) is 18.6.